The van der Waals surface area contributed by atoms with Gasteiger partial charge in [-0.3, -0.25) is 0 Å². The van der Waals surface area contributed by atoms with E-state index in [2.05, 4.69) is 5.10 Å². The van der Waals surface area contributed by atoms with Crippen molar-refractivity contribution in [2.45, 2.75) is 12.8 Å². The molecule has 0 spiro atoms. The third-order valence-electron chi connectivity index (χ3n) is 1.29. The molecule has 1 aliphatic carbocycles. The van der Waals surface area contributed by atoms with Crippen LogP contribution in [-0.4, -0.2) is 5.71 Å². The van der Waals surface area contributed by atoms with E-state index in [1.165, 1.54) is 0 Å². The molecule has 0 saturated carbocycles. The predicted molar refractivity (Wildman–Crippen MR) is 43.9 cm³/mol. The first-order chi connectivity index (χ1) is 4.83. The quantitative estimate of drug-likeness (QED) is 0.421. The molecule has 1 aliphatic rings. The summed E-state index contributed by atoms with van der Waals surface area (Å²) in [6.07, 6.45) is 7.52. The summed E-state index contributed by atoms with van der Waals surface area (Å²) < 4.78 is 0. The van der Waals surface area contributed by atoms with Gasteiger partial charge in [0.1, 0.15) is 0 Å². The normalized spacial score (nSPS) is 22.5. The molecule has 0 saturated heterocycles. The lowest BCUT2D eigenvalue weighted by Gasteiger charge is -1.89. The van der Waals surface area contributed by atoms with Crippen LogP contribution < -0.4 is 5.84 Å². The molecule has 0 aliphatic heterocycles. The Hall–Kier alpha value is -0.760. The van der Waals surface area contributed by atoms with Gasteiger partial charge in [0.25, 0.3) is 0 Å². The molecule has 0 aromatic carbocycles. The molecule has 0 fully saturated rings. The lowest BCUT2D eigenvalue weighted by Crippen LogP contribution is -1.92. The van der Waals surface area contributed by atoms with Crippen molar-refractivity contribution in [2.24, 2.45) is 10.9 Å². The van der Waals surface area contributed by atoms with Gasteiger partial charge in [-0.05, 0) is 25.0 Å². The molecular formula is C7H9ClN2. The maximum Gasteiger partial charge on any atom is 0.0835 e. The monoisotopic (exact) mass is 156 g/mol. The fraction of sp³-hybridized carbons (Fsp3) is 0.286. The number of rotatable bonds is 0. The second-order valence-electron chi connectivity index (χ2n) is 2.09. The van der Waals surface area contributed by atoms with Crippen LogP contribution in [-0.2, 0) is 0 Å². The second-order valence-corrected chi connectivity index (χ2v) is 2.57. The van der Waals surface area contributed by atoms with Crippen LogP contribution in [0.5, 0.6) is 0 Å². The standard InChI is InChI=1S/C7H9ClN2/c8-6-3-1-2-4-7(5-6)10-9/h2,4-5H,1,3,9H2/b10-7-. The highest BCUT2D eigenvalue weighted by atomic mass is 35.5. The van der Waals surface area contributed by atoms with Gasteiger partial charge in [-0.25, -0.2) is 0 Å². The van der Waals surface area contributed by atoms with E-state index in [0.717, 1.165) is 23.6 Å². The number of nitrogens with zero attached hydrogens (tertiary/aromatic N) is 1. The van der Waals surface area contributed by atoms with Gasteiger partial charge in [0.15, 0.2) is 0 Å². The van der Waals surface area contributed by atoms with Gasteiger partial charge in [-0.1, -0.05) is 17.7 Å². The van der Waals surface area contributed by atoms with E-state index >= 15 is 0 Å². The molecule has 0 aromatic rings. The first-order valence-corrected chi connectivity index (χ1v) is 3.51. The second kappa shape index (κ2) is 3.42. The van der Waals surface area contributed by atoms with Crippen molar-refractivity contribution in [3.8, 4) is 0 Å². The van der Waals surface area contributed by atoms with Crippen molar-refractivity contribution >= 4 is 17.3 Å². The molecule has 0 radical (unpaired) electrons. The van der Waals surface area contributed by atoms with Gasteiger partial charge < -0.3 is 5.84 Å². The summed E-state index contributed by atoms with van der Waals surface area (Å²) in [5.74, 6) is 5.07. The van der Waals surface area contributed by atoms with Crippen LogP contribution >= 0.6 is 11.6 Å². The Bertz CT molecular complexity index is 204. The summed E-state index contributed by atoms with van der Waals surface area (Å²) in [4.78, 5) is 0. The third-order valence-corrected chi connectivity index (χ3v) is 1.59. The number of hydrazone groups is 1. The first kappa shape index (κ1) is 7.35. The van der Waals surface area contributed by atoms with E-state index in [-0.39, 0.29) is 0 Å². The zero-order chi connectivity index (χ0) is 7.40. The lowest BCUT2D eigenvalue weighted by molar-refractivity contribution is 1.04. The Morgan fingerprint density at radius 3 is 3.10 bits per heavy atom. The largest absolute Gasteiger partial charge is 0.323 e. The molecule has 2 N–H and O–H groups in total. The van der Waals surface area contributed by atoms with E-state index in [1.54, 1.807) is 6.08 Å². The molecular weight excluding hydrogens is 148 g/mol. The topological polar surface area (TPSA) is 38.4 Å². The fourth-order valence-electron chi connectivity index (χ4n) is 0.786. The van der Waals surface area contributed by atoms with Gasteiger partial charge in [0, 0.05) is 5.03 Å². The highest BCUT2D eigenvalue weighted by Gasteiger charge is 1.98. The molecule has 54 valence electrons. The van der Waals surface area contributed by atoms with Crippen LogP contribution in [0.3, 0.4) is 0 Å². The molecule has 2 nitrogen and oxygen atoms in total. The van der Waals surface area contributed by atoms with Crippen LogP contribution in [0.1, 0.15) is 12.8 Å². The van der Waals surface area contributed by atoms with Crippen molar-refractivity contribution in [1.29, 1.82) is 0 Å². The molecule has 0 unspecified atom stereocenters. The van der Waals surface area contributed by atoms with Gasteiger partial charge >= 0.3 is 0 Å². The summed E-state index contributed by atoms with van der Waals surface area (Å²) in [5.41, 5.74) is 0.738. The van der Waals surface area contributed by atoms with Crippen LogP contribution in [0.4, 0.5) is 0 Å². The van der Waals surface area contributed by atoms with Crippen LogP contribution in [0.25, 0.3) is 0 Å². The van der Waals surface area contributed by atoms with Gasteiger partial charge in [-0.2, -0.15) is 5.10 Å². The average Bonchev–Trinajstić information content (AvgIpc) is 2.13. The summed E-state index contributed by atoms with van der Waals surface area (Å²) in [7, 11) is 0. The molecule has 0 amide bonds. The molecule has 0 bridgehead atoms. The Balaban J connectivity index is 2.81. The minimum atomic E-state index is 0.738. The van der Waals surface area contributed by atoms with Gasteiger partial charge in [0.2, 0.25) is 0 Å². The Kier molecular flexibility index (Phi) is 2.51. The summed E-state index contributed by atoms with van der Waals surface area (Å²) in [6, 6.07) is 0. The highest BCUT2D eigenvalue weighted by molar-refractivity contribution is 6.31. The summed E-state index contributed by atoms with van der Waals surface area (Å²) in [6.45, 7) is 0. The van der Waals surface area contributed by atoms with Crippen molar-refractivity contribution in [3.05, 3.63) is 23.3 Å². The van der Waals surface area contributed by atoms with E-state index in [4.69, 9.17) is 17.4 Å². The minimum Gasteiger partial charge on any atom is -0.323 e. The van der Waals surface area contributed by atoms with Crippen molar-refractivity contribution in [3.63, 3.8) is 0 Å². The highest BCUT2D eigenvalue weighted by Crippen LogP contribution is 2.13. The zero-order valence-corrected chi connectivity index (χ0v) is 6.30. The van der Waals surface area contributed by atoms with Gasteiger partial charge in [-0.15, -0.1) is 0 Å². The van der Waals surface area contributed by atoms with Crippen LogP contribution in [0, 0.1) is 0 Å². The lowest BCUT2D eigenvalue weighted by atomic mass is 10.3. The maximum atomic E-state index is 5.78. The van der Waals surface area contributed by atoms with Crippen LogP contribution in [0.15, 0.2) is 28.4 Å². The zero-order valence-electron chi connectivity index (χ0n) is 5.55. The van der Waals surface area contributed by atoms with E-state index in [0.29, 0.717) is 0 Å². The molecule has 10 heavy (non-hydrogen) atoms. The minimum absolute atomic E-state index is 0.738. The average molecular weight is 157 g/mol. The Morgan fingerprint density at radius 1 is 1.60 bits per heavy atom. The van der Waals surface area contributed by atoms with Crippen molar-refractivity contribution in [1.82, 2.24) is 0 Å². The van der Waals surface area contributed by atoms with Crippen molar-refractivity contribution < 1.29 is 0 Å². The number of hydrogen-bond donors (Lipinski definition) is 1. The molecule has 0 aromatic heterocycles. The van der Waals surface area contributed by atoms with Crippen molar-refractivity contribution in [2.75, 3.05) is 0 Å². The van der Waals surface area contributed by atoms with E-state index in [1.807, 2.05) is 12.2 Å². The molecule has 0 atom stereocenters. The molecule has 0 heterocycles. The molecule has 1 rings (SSSR count). The SMILES string of the molecule is N/N=C1/C=CCCC(Cl)=C1. The number of allylic oxidation sites excluding steroid dienone is 4. The Labute approximate surface area is 65.1 Å². The van der Waals surface area contributed by atoms with Gasteiger partial charge in [0.05, 0.1) is 5.71 Å². The number of hydrogen-bond acceptors (Lipinski definition) is 2. The maximum absolute atomic E-state index is 5.78. The first-order valence-electron chi connectivity index (χ1n) is 3.13. The third kappa shape index (κ3) is 1.88. The van der Waals surface area contributed by atoms with Crippen LogP contribution in [0.2, 0.25) is 0 Å². The Morgan fingerprint density at radius 2 is 2.40 bits per heavy atom. The predicted octanol–water partition coefficient (Wildman–Crippen LogP) is 1.77. The van der Waals surface area contributed by atoms with E-state index in [9.17, 15) is 0 Å². The van der Waals surface area contributed by atoms with E-state index < -0.39 is 0 Å². The number of halogens is 1. The molecule has 3 heteroatoms. The fourth-order valence-corrected chi connectivity index (χ4v) is 1.01. The number of nitrogens with two attached hydrogens (primary N) is 1. The summed E-state index contributed by atoms with van der Waals surface area (Å²) in [5, 5.41) is 4.34. The smallest absolute Gasteiger partial charge is 0.0835 e. The summed E-state index contributed by atoms with van der Waals surface area (Å²) >= 11 is 5.78.